The van der Waals surface area contributed by atoms with Crippen LogP contribution in [-0.4, -0.2) is 10.9 Å². The third-order valence-electron chi connectivity index (χ3n) is 3.67. The van der Waals surface area contributed by atoms with E-state index < -0.39 is 0 Å². The lowest BCUT2D eigenvalue weighted by molar-refractivity contribution is 0.102. The Balaban J connectivity index is 1.73. The molecule has 0 aliphatic rings. The molecule has 122 valence electrons. The maximum absolute atomic E-state index is 12.4. The van der Waals surface area contributed by atoms with Crippen molar-refractivity contribution >= 4 is 45.4 Å². The van der Waals surface area contributed by atoms with Gasteiger partial charge in [-0.3, -0.25) is 4.79 Å². The number of aryl methyl sites for hydroxylation is 1. The van der Waals surface area contributed by atoms with E-state index in [9.17, 15) is 4.79 Å². The fraction of sp³-hybridized carbons (Fsp3) is 0.111. The van der Waals surface area contributed by atoms with Crippen molar-refractivity contribution in [2.45, 2.75) is 13.8 Å². The van der Waals surface area contributed by atoms with E-state index in [-0.39, 0.29) is 5.91 Å². The van der Waals surface area contributed by atoms with Crippen molar-refractivity contribution in [3.63, 3.8) is 0 Å². The molecule has 0 aliphatic heterocycles. The van der Waals surface area contributed by atoms with Crippen molar-refractivity contribution in [2.75, 3.05) is 10.6 Å². The molecule has 24 heavy (non-hydrogen) atoms. The minimum absolute atomic E-state index is 0.223. The van der Waals surface area contributed by atoms with E-state index in [4.69, 9.17) is 11.6 Å². The van der Waals surface area contributed by atoms with Crippen LogP contribution in [0.4, 0.5) is 16.5 Å². The van der Waals surface area contributed by atoms with Gasteiger partial charge in [0.15, 0.2) is 5.13 Å². The molecular formula is C18H16ClN3OS. The number of benzene rings is 2. The van der Waals surface area contributed by atoms with E-state index in [0.717, 1.165) is 22.5 Å². The molecule has 1 heterocycles. The second-order valence-corrected chi connectivity index (χ2v) is 6.67. The summed E-state index contributed by atoms with van der Waals surface area (Å²) in [5.41, 5.74) is 4.20. The number of nitrogens with zero attached hydrogens (tertiary/aromatic N) is 1. The molecule has 0 saturated heterocycles. The predicted octanol–water partition coefficient (Wildman–Crippen LogP) is 5.41. The van der Waals surface area contributed by atoms with Crippen molar-refractivity contribution in [3.05, 3.63) is 69.7 Å². The average molecular weight is 358 g/mol. The lowest BCUT2D eigenvalue weighted by Crippen LogP contribution is -2.13. The Morgan fingerprint density at radius 2 is 1.96 bits per heavy atom. The van der Waals surface area contributed by atoms with Crippen molar-refractivity contribution in [2.24, 2.45) is 0 Å². The summed E-state index contributed by atoms with van der Waals surface area (Å²) in [4.78, 5) is 16.7. The van der Waals surface area contributed by atoms with Gasteiger partial charge in [-0.2, -0.15) is 0 Å². The topological polar surface area (TPSA) is 54.0 Å². The van der Waals surface area contributed by atoms with Crippen LogP contribution in [-0.2, 0) is 0 Å². The molecule has 0 fully saturated rings. The number of anilines is 3. The van der Waals surface area contributed by atoms with Crippen LogP contribution in [0.25, 0.3) is 0 Å². The Labute approximate surface area is 149 Å². The summed E-state index contributed by atoms with van der Waals surface area (Å²) in [5.74, 6) is -0.223. The number of thiazole rings is 1. The molecule has 1 aromatic heterocycles. The number of aromatic nitrogens is 1. The minimum Gasteiger partial charge on any atom is -0.331 e. The highest BCUT2D eigenvalue weighted by molar-refractivity contribution is 7.14. The van der Waals surface area contributed by atoms with Crippen LogP contribution in [0, 0.1) is 13.8 Å². The van der Waals surface area contributed by atoms with E-state index in [2.05, 4.69) is 15.6 Å². The molecule has 1 amide bonds. The third kappa shape index (κ3) is 3.75. The SMILES string of the molecule is Cc1cccc(NC(=O)c2csc(Nc3cccc(Cl)c3)n2)c1C. The largest absolute Gasteiger partial charge is 0.331 e. The summed E-state index contributed by atoms with van der Waals surface area (Å²) in [5, 5.41) is 9.07. The third-order valence-corrected chi connectivity index (χ3v) is 4.66. The highest BCUT2D eigenvalue weighted by Crippen LogP contribution is 2.24. The van der Waals surface area contributed by atoms with Gasteiger partial charge >= 0.3 is 0 Å². The van der Waals surface area contributed by atoms with Gasteiger partial charge in [0.25, 0.3) is 5.91 Å². The first kappa shape index (κ1) is 16.5. The van der Waals surface area contributed by atoms with Crippen LogP contribution in [0.15, 0.2) is 47.8 Å². The smallest absolute Gasteiger partial charge is 0.275 e. The Kier molecular flexibility index (Phi) is 4.83. The van der Waals surface area contributed by atoms with Crippen LogP contribution in [0.5, 0.6) is 0 Å². The van der Waals surface area contributed by atoms with Gasteiger partial charge in [0.05, 0.1) is 0 Å². The fourth-order valence-corrected chi connectivity index (χ4v) is 3.10. The molecule has 0 unspecified atom stereocenters. The molecule has 0 bridgehead atoms. The van der Waals surface area contributed by atoms with Gasteiger partial charge < -0.3 is 10.6 Å². The average Bonchev–Trinajstić information content (AvgIpc) is 3.00. The predicted molar refractivity (Wildman–Crippen MR) is 101 cm³/mol. The van der Waals surface area contributed by atoms with Crippen LogP contribution in [0.2, 0.25) is 5.02 Å². The number of hydrogen-bond acceptors (Lipinski definition) is 4. The van der Waals surface area contributed by atoms with Gasteiger partial charge in [0, 0.05) is 21.8 Å². The quantitative estimate of drug-likeness (QED) is 0.656. The Hall–Kier alpha value is -2.37. The van der Waals surface area contributed by atoms with E-state index in [0.29, 0.717) is 15.8 Å². The monoisotopic (exact) mass is 357 g/mol. The fourth-order valence-electron chi connectivity index (χ4n) is 2.20. The molecule has 4 nitrogen and oxygen atoms in total. The lowest BCUT2D eigenvalue weighted by Gasteiger charge is -2.09. The number of rotatable bonds is 4. The second-order valence-electron chi connectivity index (χ2n) is 5.37. The van der Waals surface area contributed by atoms with E-state index in [1.54, 1.807) is 17.5 Å². The molecule has 0 radical (unpaired) electrons. The standard InChI is InChI=1S/C18H16ClN3OS/c1-11-5-3-8-15(12(11)2)21-17(23)16-10-24-18(22-16)20-14-7-4-6-13(19)9-14/h3-10H,1-2H3,(H,20,22)(H,21,23). The van der Waals surface area contributed by atoms with Crippen molar-refractivity contribution < 1.29 is 4.79 Å². The molecule has 0 spiro atoms. The molecule has 0 atom stereocenters. The van der Waals surface area contributed by atoms with Crippen LogP contribution in [0.1, 0.15) is 21.6 Å². The Bertz CT molecular complexity index is 891. The summed E-state index contributed by atoms with van der Waals surface area (Å²) in [6.07, 6.45) is 0. The minimum atomic E-state index is -0.223. The maximum atomic E-state index is 12.4. The molecule has 0 aliphatic carbocycles. The number of carbonyl (C=O) groups excluding carboxylic acids is 1. The number of nitrogens with one attached hydrogen (secondary N) is 2. The molecule has 3 aromatic rings. The molecule has 2 aromatic carbocycles. The van der Waals surface area contributed by atoms with Crippen LogP contribution >= 0.6 is 22.9 Å². The van der Waals surface area contributed by atoms with Gasteiger partial charge in [0.2, 0.25) is 0 Å². The number of carbonyl (C=O) groups is 1. The van der Waals surface area contributed by atoms with Gasteiger partial charge in [-0.15, -0.1) is 11.3 Å². The zero-order valence-corrected chi connectivity index (χ0v) is 14.8. The lowest BCUT2D eigenvalue weighted by atomic mass is 10.1. The summed E-state index contributed by atoms with van der Waals surface area (Å²) in [6, 6.07) is 13.2. The summed E-state index contributed by atoms with van der Waals surface area (Å²) in [6.45, 7) is 4.00. The van der Waals surface area contributed by atoms with E-state index >= 15 is 0 Å². The number of amides is 1. The van der Waals surface area contributed by atoms with Crippen molar-refractivity contribution in [1.82, 2.24) is 4.98 Å². The normalized spacial score (nSPS) is 10.5. The summed E-state index contributed by atoms with van der Waals surface area (Å²) < 4.78 is 0. The first-order chi connectivity index (χ1) is 11.5. The summed E-state index contributed by atoms with van der Waals surface area (Å²) >= 11 is 7.33. The number of halogens is 1. The van der Waals surface area contributed by atoms with Gasteiger partial charge in [-0.1, -0.05) is 29.8 Å². The van der Waals surface area contributed by atoms with Crippen LogP contribution < -0.4 is 10.6 Å². The molecule has 6 heteroatoms. The Morgan fingerprint density at radius 1 is 1.17 bits per heavy atom. The first-order valence-electron chi connectivity index (χ1n) is 7.38. The van der Waals surface area contributed by atoms with Gasteiger partial charge in [-0.05, 0) is 49.2 Å². The van der Waals surface area contributed by atoms with Gasteiger partial charge in [-0.25, -0.2) is 4.98 Å². The van der Waals surface area contributed by atoms with Crippen molar-refractivity contribution in [3.8, 4) is 0 Å². The maximum Gasteiger partial charge on any atom is 0.275 e. The van der Waals surface area contributed by atoms with E-state index in [1.807, 2.05) is 44.2 Å². The first-order valence-corrected chi connectivity index (χ1v) is 8.64. The molecule has 2 N–H and O–H groups in total. The second kappa shape index (κ2) is 7.03. The van der Waals surface area contributed by atoms with Crippen LogP contribution in [0.3, 0.4) is 0 Å². The highest BCUT2D eigenvalue weighted by atomic mass is 35.5. The Morgan fingerprint density at radius 3 is 2.75 bits per heavy atom. The molecule has 0 saturated carbocycles. The summed E-state index contributed by atoms with van der Waals surface area (Å²) in [7, 11) is 0. The number of hydrogen-bond donors (Lipinski definition) is 2. The zero-order valence-electron chi connectivity index (χ0n) is 13.3. The van der Waals surface area contributed by atoms with Gasteiger partial charge in [0.1, 0.15) is 5.69 Å². The zero-order chi connectivity index (χ0) is 17.1. The van der Waals surface area contributed by atoms with Crippen molar-refractivity contribution in [1.29, 1.82) is 0 Å². The molecule has 3 rings (SSSR count). The van der Waals surface area contributed by atoms with E-state index in [1.165, 1.54) is 11.3 Å². The molecular weight excluding hydrogens is 342 g/mol. The highest BCUT2D eigenvalue weighted by Gasteiger charge is 2.12.